The highest BCUT2D eigenvalue weighted by atomic mass is 32.1. The van der Waals surface area contributed by atoms with Crippen LogP contribution in [0, 0.1) is 0 Å². The first-order valence-corrected chi connectivity index (χ1v) is 13.6. The van der Waals surface area contributed by atoms with Crippen molar-refractivity contribution in [3.8, 4) is 17.2 Å². The first-order chi connectivity index (χ1) is 19.0. The molecule has 0 bridgehead atoms. The number of rotatable bonds is 6. The second-order valence-electron chi connectivity index (χ2n) is 9.05. The summed E-state index contributed by atoms with van der Waals surface area (Å²) in [5, 5.41) is 2.02. The fourth-order valence-electron chi connectivity index (χ4n) is 5.03. The Morgan fingerprint density at radius 2 is 1.92 bits per heavy atom. The number of benzene rings is 3. The third kappa shape index (κ3) is 4.28. The Hall–Kier alpha value is -4.37. The summed E-state index contributed by atoms with van der Waals surface area (Å²) < 4.78 is 24.4. The molecule has 8 nitrogen and oxygen atoms in total. The van der Waals surface area contributed by atoms with Gasteiger partial charge in [-0.05, 0) is 61.4 Å². The van der Waals surface area contributed by atoms with Gasteiger partial charge in [-0.2, -0.15) is 0 Å². The van der Waals surface area contributed by atoms with Crippen molar-refractivity contribution in [3.63, 3.8) is 0 Å². The number of fused-ring (bicyclic) bond motifs is 3. The number of esters is 1. The number of ether oxygens (including phenoxy) is 4. The Morgan fingerprint density at radius 1 is 1.10 bits per heavy atom. The normalized spacial score (nSPS) is 16.3. The second kappa shape index (κ2) is 10.1. The fourth-order valence-corrected chi connectivity index (χ4v) is 6.06. The van der Waals surface area contributed by atoms with E-state index in [0.717, 1.165) is 16.3 Å². The Balaban J connectivity index is 1.59. The van der Waals surface area contributed by atoms with Crippen LogP contribution in [0.15, 0.2) is 75.7 Å². The zero-order valence-corrected chi connectivity index (χ0v) is 22.5. The van der Waals surface area contributed by atoms with E-state index in [-0.39, 0.29) is 19.0 Å². The van der Waals surface area contributed by atoms with Crippen molar-refractivity contribution < 1.29 is 23.7 Å². The predicted octanol–water partition coefficient (Wildman–Crippen LogP) is 4.08. The van der Waals surface area contributed by atoms with Crippen molar-refractivity contribution in [1.29, 1.82) is 0 Å². The lowest BCUT2D eigenvalue weighted by atomic mass is 9.95. The number of thiazole rings is 1. The number of carbonyl (C=O) groups excluding carboxylic acids is 1. The molecule has 2 aliphatic rings. The summed E-state index contributed by atoms with van der Waals surface area (Å²) in [5.74, 6) is 1.36. The molecule has 0 saturated heterocycles. The van der Waals surface area contributed by atoms with Gasteiger partial charge in [0.2, 0.25) is 6.79 Å². The molecule has 0 radical (unpaired) electrons. The van der Waals surface area contributed by atoms with Gasteiger partial charge >= 0.3 is 5.97 Å². The molecular weight excluding hydrogens is 516 g/mol. The minimum Gasteiger partial charge on any atom is -0.493 e. The van der Waals surface area contributed by atoms with E-state index in [1.165, 1.54) is 11.3 Å². The van der Waals surface area contributed by atoms with Crippen molar-refractivity contribution >= 4 is 34.2 Å². The number of hydrogen-bond donors (Lipinski definition) is 0. The van der Waals surface area contributed by atoms with E-state index in [1.807, 2.05) is 55.5 Å². The molecule has 0 saturated carbocycles. The van der Waals surface area contributed by atoms with Crippen molar-refractivity contribution in [2.45, 2.75) is 26.8 Å². The van der Waals surface area contributed by atoms with Gasteiger partial charge in [0.05, 0.1) is 35.1 Å². The van der Waals surface area contributed by atoms with Gasteiger partial charge in [0.25, 0.3) is 5.56 Å². The van der Waals surface area contributed by atoms with E-state index in [0.29, 0.717) is 50.0 Å². The van der Waals surface area contributed by atoms with E-state index in [2.05, 4.69) is 4.99 Å². The van der Waals surface area contributed by atoms with Crippen LogP contribution >= 0.6 is 11.3 Å². The van der Waals surface area contributed by atoms with Crippen molar-refractivity contribution in [1.82, 2.24) is 4.57 Å². The summed E-state index contributed by atoms with van der Waals surface area (Å²) in [6.45, 7) is 6.26. The average Bonchev–Trinajstić information content (AvgIpc) is 3.53. The predicted molar refractivity (Wildman–Crippen MR) is 148 cm³/mol. The Morgan fingerprint density at radius 3 is 2.74 bits per heavy atom. The minimum atomic E-state index is -0.740. The number of hydrogen-bond acceptors (Lipinski definition) is 8. The standard InChI is InChI=1S/C30H26N2O6S/c1-4-35-22-12-10-18-8-6-7-9-20(18)21(22)15-25-28(33)32-27(19-11-13-23-24(14-19)38-16-37-23)26(29(34)36-5-2)17(3)31-30(32)39-25/h6-15,27H,4-5,16H2,1-3H3/b25-15-. The van der Waals surface area contributed by atoms with Crippen LogP contribution < -0.4 is 29.1 Å². The molecule has 0 fully saturated rings. The lowest BCUT2D eigenvalue weighted by Crippen LogP contribution is -2.39. The Kier molecular flexibility index (Phi) is 6.44. The maximum atomic E-state index is 14.1. The zero-order chi connectivity index (χ0) is 27.1. The van der Waals surface area contributed by atoms with Crippen LogP contribution in [0.25, 0.3) is 16.8 Å². The number of aromatic nitrogens is 1. The Labute approximate surface area is 228 Å². The summed E-state index contributed by atoms with van der Waals surface area (Å²) in [6, 6.07) is 16.6. The molecule has 0 amide bonds. The summed E-state index contributed by atoms with van der Waals surface area (Å²) in [5.41, 5.74) is 2.08. The molecule has 4 aromatic rings. The zero-order valence-electron chi connectivity index (χ0n) is 21.7. The molecule has 3 aromatic carbocycles. The highest BCUT2D eigenvalue weighted by Crippen LogP contribution is 2.38. The molecule has 39 heavy (non-hydrogen) atoms. The molecule has 3 heterocycles. The first kappa shape index (κ1) is 24.9. The summed E-state index contributed by atoms with van der Waals surface area (Å²) in [7, 11) is 0. The molecule has 0 spiro atoms. The lowest BCUT2D eigenvalue weighted by molar-refractivity contribution is -0.139. The number of nitrogens with zero attached hydrogens (tertiary/aromatic N) is 2. The van der Waals surface area contributed by atoms with E-state index in [9.17, 15) is 9.59 Å². The van der Waals surface area contributed by atoms with Crippen LogP contribution in [0.1, 0.15) is 37.9 Å². The van der Waals surface area contributed by atoms with Crippen LogP contribution in [0.2, 0.25) is 0 Å². The van der Waals surface area contributed by atoms with Crippen molar-refractivity contribution in [2.24, 2.45) is 4.99 Å². The van der Waals surface area contributed by atoms with Crippen LogP contribution in [-0.4, -0.2) is 30.5 Å². The second-order valence-corrected chi connectivity index (χ2v) is 10.1. The van der Waals surface area contributed by atoms with Gasteiger partial charge in [-0.25, -0.2) is 9.79 Å². The molecule has 0 aliphatic carbocycles. The van der Waals surface area contributed by atoms with Gasteiger partial charge in [0.1, 0.15) is 5.75 Å². The molecule has 2 aliphatic heterocycles. The highest BCUT2D eigenvalue weighted by molar-refractivity contribution is 7.07. The third-order valence-corrected chi connectivity index (χ3v) is 7.72. The monoisotopic (exact) mass is 542 g/mol. The summed E-state index contributed by atoms with van der Waals surface area (Å²) in [6.07, 6.45) is 1.86. The van der Waals surface area contributed by atoms with Gasteiger partial charge in [0, 0.05) is 5.56 Å². The lowest BCUT2D eigenvalue weighted by Gasteiger charge is -2.24. The van der Waals surface area contributed by atoms with Crippen LogP contribution in [-0.2, 0) is 9.53 Å². The maximum Gasteiger partial charge on any atom is 0.338 e. The third-order valence-electron chi connectivity index (χ3n) is 6.74. The van der Waals surface area contributed by atoms with Crippen molar-refractivity contribution in [3.05, 3.63) is 96.7 Å². The van der Waals surface area contributed by atoms with Crippen LogP contribution in [0.4, 0.5) is 0 Å². The Bertz CT molecular complexity index is 1830. The van der Waals surface area contributed by atoms with E-state index in [4.69, 9.17) is 18.9 Å². The van der Waals surface area contributed by atoms with Crippen LogP contribution in [0.5, 0.6) is 17.2 Å². The minimum absolute atomic E-state index is 0.119. The van der Waals surface area contributed by atoms with Gasteiger partial charge in [-0.1, -0.05) is 47.7 Å². The average molecular weight is 543 g/mol. The first-order valence-electron chi connectivity index (χ1n) is 12.7. The van der Waals surface area contributed by atoms with Gasteiger partial charge < -0.3 is 18.9 Å². The van der Waals surface area contributed by atoms with E-state index < -0.39 is 12.0 Å². The van der Waals surface area contributed by atoms with Crippen LogP contribution in [0.3, 0.4) is 0 Å². The largest absolute Gasteiger partial charge is 0.493 e. The highest BCUT2D eigenvalue weighted by Gasteiger charge is 2.34. The molecule has 1 atom stereocenters. The molecule has 6 rings (SSSR count). The molecule has 0 N–H and O–H groups in total. The van der Waals surface area contributed by atoms with E-state index in [1.54, 1.807) is 30.5 Å². The summed E-state index contributed by atoms with van der Waals surface area (Å²) >= 11 is 1.28. The van der Waals surface area contributed by atoms with E-state index >= 15 is 0 Å². The SMILES string of the molecule is CCOC(=O)C1=C(C)N=c2s/c(=C\c3c(OCC)ccc4ccccc34)c(=O)n2C1c1ccc2c(c1)OCO2. The topological polar surface area (TPSA) is 88.4 Å². The van der Waals surface area contributed by atoms with Gasteiger partial charge in [-0.15, -0.1) is 0 Å². The summed E-state index contributed by atoms with van der Waals surface area (Å²) in [4.78, 5) is 32.4. The molecular formula is C30H26N2O6S. The quantitative estimate of drug-likeness (QED) is 0.341. The molecule has 1 unspecified atom stereocenters. The number of carbonyl (C=O) groups is 1. The molecule has 1 aromatic heterocycles. The van der Waals surface area contributed by atoms with Crippen molar-refractivity contribution in [2.75, 3.05) is 20.0 Å². The maximum absolute atomic E-state index is 14.1. The van der Waals surface area contributed by atoms with Gasteiger partial charge in [-0.3, -0.25) is 9.36 Å². The molecule has 198 valence electrons. The number of allylic oxidation sites excluding steroid dienone is 1. The fraction of sp³-hybridized carbons (Fsp3) is 0.233. The smallest absolute Gasteiger partial charge is 0.338 e. The molecule has 9 heteroatoms. The van der Waals surface area contributed by atoms with Gasteiger partial charge in [0.15, 0.2) is 16.3 Å².